The van der Waals surface area contributed by atoms with E-state index in [2.05, 4.69) is 48.0 Å². The van der Waals surface area contributed by atoms with Crippen molar-refractivity contribution in [2.24, 2.45) is 0 Å². The van der Waals surface area contributed by atoms with Crippen molar-refractivity contribution in [2.45, 2.75) is 39.4 Å². The van der Waals surface area contributed by atoms with Crippen LogP contribution in [0, 0.1) is 0 Å². The van der Waals surface area contributed by atoms with Crippen LogP contribution in [-0.2, 0) is 13.1 Å². The Kier molecular flexibility index (Phi) is 4.34. The Balaban J connectivity index is 1.92. The number of nitrogens with zero attached hydrogens (tertiary/aromatic N) is 2. The molecule has 2 heterocycles. The first-order valence-electron chi connectivity index (χ1n) is 6.11. The van der Waals surface area contributed by atoms with Crippen LogP contribution >= 0.6 is 11.3 Å². The van der Waals surface area contributed by atoms with Gasteiger partial charge in [0.15, 0.2) is 0 Å². The van der Waals surface area contributed by atoms with Gasteiger partial charge in [0, 0.05) is 35.8 Å². The van der Waals surface area contributed by atoms with Gasteiger partial charge in [0.2, 0.25) is 0 Å². The van der Waals surface area contributed by atoms with Gasteiger partial charge in [-0.15, -0.1) is 11.3 Å². The summed E-state index contributed by atoms with van der Waals surface area (Å²) in [7, 11) is 0. The minimum absolute atomic E-state index is 0.458. The summed E-state index contributed by atoms with van der Waals surface area (Å²) in [5.41, 5.74) is 1.25. The lowest BCUT2D eigenvalue weighted by Crippen LogP contribution is -2.19. The zero-order valence-corrected chi connectivity index (χ0v) is 11.2. The van der Waals surface area contributed by atoms with Crippen molar-refractivity contribution in [3.05, 3.63) is 40.3 Å². The molecular weight excluding hydrogens is 230 g/mol. The molecule has 17 heavy (non-hydrogen) atoms. The smallest absolute Gasteiger partial charge is 0.0534 e. The lowest BCUT2D eigenvalue weighted by molar-refractivity contribution is 0.526. The maximum absolute atomic E-state index is 4.28. The van der Waals surface area contributed by atoms with Gasteiger partial charge in [-0.2, -0.15) is 5.10 Å². The molecular formula is C13H19N3S. The molecule has 1 atom stereocenters. The van der Waals surface area contributed by atoms with Gasteiger partial charge in [0.25, 0.3) is 0 Å². The summed E-state index contributed by atoms with van der Waals surface area (Å²) in [4.78, 5) is 1.41. The van der Waals surface area contributed by atoms with Crippen LogP contribution in [0.5, 0.6) is 0 Å². The fraction of sp³-hybridized carbons (Fsp3) is 0.462. The van der Waals surface area contributed by atoms with E-state index in [0.717, 1.165) is 19.5 Å². The van der Waals surface area contributed by atoms with Gasteiger partial charge < -0.3 is 5.32 Å². The molecule has 0 radical (unpaired) electrons. The summed E-state index contributed by atoms with van der Waals surface area (Å²) in [6, 6.07) is 4.76. The topological polar surface area (TPSA) is 29.9 Å². The van der Waals surface area contributed by atoms with E-state index in [0.29, 0.717) is 6.04 Å². The highest BCUT2D eigenvalue weighted by Gasteiger charge is 2.09. The van der Waals surface area contributed by atoms with Crippen LogP contribution in [0.2, 0.25) is 0 Å². The molecule has 0 saturated heterocycles. The van der Waals surface area contributed by atoms with Gasteiger partial charge in [-0.3, -0.25) is 4.68 Å². The molecule has 1 N–H and O–H groups in total. The first-order chi connectivity index (χ1) is 8.33. The van der Waals surface area contributed by atoms with Crippen molar-refractivity contribution in [1.29, 1.82) is 0 Å². The van der Waals surface area contributed by atoms with Gasteiger partial charge >= 0.3 is 0 Å². The van der Waals surface area contributed by atoms with Gasteiger partial charge in [0.1, 0.15) is 0 Å². The number of aromatic nitrogens is 2. The van der Waals surface area contributed by atoms with E-state index in [9.17, 15) is 0 Å². The fourth-order valence-electron chi connectivity index (χ4n) is 1.85. The van der Waals surface area contributed by atoms with E-state index in [1.54, 1.807) is 0 Å². The zero-order chi connectivity index (χ0) is 12.1. The Morgan fingerprint density at radius 1 is 1.47 bits per heavy atom. The normalized spacial score (nSPS) is 12.8. The molecule has 3 nitrogen and oxygen atoms in total. The van der Waals surface area contributed by atoms with E-state index in [1.807, 2.05) is 22.2 Å². The van der Waals surface area contributed by atoms with Crippen LogP contribution in [0.3, 0.4) is 0 Å². The molecule has 2 rings (SSSR count). The Hall–Kier alpha value is -1.13. The molecule has 0 aliphatic carbocycles. The standard InChI is InChI=1S/C13H19N3S/c1-3-12(13-6-5-7-17-13)14-8-11-9-15-16(4-2)10-11/h5-7,9-10,12,14H,3-4,8H2,1-2H3. The van der Waals surface area contributed by atoms with E-state index in [-0.39, 0.29) is 0 Å². The maximum Gasteiger partial charge on any atom is 0.0534 e. The minimum Gasteiger partial charge on any atom is -0.305 e. The van der Waals surface area contributed by atoms with Crippen molar-refractivity contribution < 1.29 is 0 Å². The summed E-state index contributed by atoms with van der Waals surface area (Å²) in [5.74, 6) is 0. The van der Waals surface area contributed by atoms with E-state index in [4.69, 9.17) is 0 Å². The molecule has 4 heteroatoms. The predicted molar refractivity (Wildman–Crippen MR) is 72.1 cm³/mol. The molecule has 0 saturated carbocycles. The highest BCUT2D eigenvalue weighted by atomic mass is 32.1. The number of aryl methyl sites for hydroxylation is 1. The van der Waals surface area contributed by atoms with Crippen LogP contribution in [0.15, 0.2) is 29.9 Å². The monoisotopic (exact) mass is 249 g/mol. The molecule has 0 bridgehead atoms. The molecule has 0 aliphatic heterocycles. The van der Waals surface area contributed by atoms with Gasteiger partial charge in [0.05, 0.1) is 6.20 Å². The molecule has 0 aliphatic rings. The summed E-state index contributed by atoms with van der Waals surface area (Å²) in [6.45, 7) is 6.14. The van der Waals surface area contributed by atoms with Crippen LogP contribution in [0.25, 0.3) is 0 Å². The third kappa shape index (κ3) is 3.17. The van der Waals surface area contributed by atoms with Crippen molar-refractivity contribution in [1.82, 2.24) is 15.1 Å². The molecule has 2 aromatic rings. The average molecular weight is 249 g/mol. The summed E-state index contributed by atoms with van der Waals surface area (Å²) >= 11 is 1.82. The summed E-state index contributed by atoms with van der Waals surface area (Å²) < 4.78 is 1.96. The SMILES string of the molecule is CCC(NCc1cnn(CC)c1)c1cccs1. The van der Waals surface area contributed by atoms with E-state index in [1.165, 1.54) is 10.4 Å². The fourth-order valence-corrected chi connectivity index (χ4v) is 2.73. The van der Waals surface area contributed by atoms with Crippen LogP contribution in [0.1, 0.15) is 36.8 Å². The largest absolute Gasteiger partial charge is 0.305 e. The van der Waals surface area contributed by atoms with E-state index < -0.39 is 0 Å². The van der Waals surface area contributed by atoms with Crippen LogP contribution < -0.4 is 5.32 Å². The van der Waals surface area contributed by atoms with Gasteiger partial charge in [-0.05, 0) is 24.8 Å². The Bertz CT molecular complexity index is 433. The first kappa shape index (κ1) is 12.3. The molecule has 0 fully saturated rings. The van der Waals surface area contributed by atoms with Crippen molar-refractivity contribution >= 4 is 11.3 Å². The number of hydrogen-bond acceptors (Lipinski definition) is 3. The molecule has 1 unspecified atom stereocenters. The first-order valence-corrected chi connectivity index (χ1v) is 6.99. The Morgan fingerprint density at radius 2 is 2.35 bits per heavy atom. The molecule has 0 spiro atoms. The predicted octanol–water partition coefficient (Wildman–Crippen LogP) is 3.21. The van der Waals surface area contributed by atoms with E-state index >= 15 is 0 Å². The van der Waals surface area contributed by atoms with Gasteiger partial charge in [-0.1, -0.05) is 13.0 Å². The summed E-state index contributed by atoms with van der Waals surface area (Å²) in [5, 5.41) is 10.00. The molecule has 2 aromatic heterocycles. The minimum atomic E-state index is 0.458. The molecule has 92 valence electrons. The summed E-state index contributed by atoms with van der Waals surface area (Å²) in [6.07, 6.45) is 5.16. The average Bonchev–Trinajstić information content (AvgIpc) is 3.00. The second-order valence-corrected chi connectivity index (χ2v) is 5.04. The number of thiophene rings is 1. The van der Waals surface area contributed by atoms with Crippen LogP contribution in [0.4, 0.5) is 0 Å². The Morgan fingerprint density at radius 3 is 2.94 bits per heavy atom. The number of hydrogen-bond donors (Lipinski definition) is 1. The number of rotatable bonds is 6. The van der Waals surface area contributed by atoms with Crippen molar-refractivity contribution in [2.75, 3.05) is 0 Å². The van der Waals surface area contributed by atoms with Crippen molar-refractivity contribution in [3.8, 4) is 0 Å². The Labute approximate surface area is 106 Å². The lowest BCUT2D eigenvalue weighted by atomic mass is 10.2. The number of nitrogens with one attached hydrogen (secondary N) is 1. The highest BCUT2D eigenvalue weighted by Crippen LogP contribution is 2.21. The zero-order valence-electron chi connectivity index (χ0n) is 10.4. The highest BCUT2D eigenvalue weighted by molar-refractivity contribution is 7.10. The quantitative estimate of drug-likeness (QED) is 0.852. The third-order valence-corrected chi connectivity index (χ3v) is 3.84. The van der Waals surface area contributed by atoms with Crippen LogP contribution in [-0.4, -0.2) is 9.78 Å². The molecule has 0 amide bonds. The molecule has 0 aromatic carbocycles. The third-order valence-electron chi connectivity index (χ3n) is 2.86. The second-order valence-electron chi connectivity index (χ2n) is 4.06. The van der Waals surface area contributed by atoms with Crippen molar-refractivity contribution in [3.63, 3.8) is 0 Å². The maximum atomic E-state index is 4.28. The lowest BCUT2D eigenvalue weighted by Gasteiger charge is -2.14. The second kappa shape index (κ2) is 5.98. The van der Waals surface area contributed by atoms with Gasteiger partial charge in [-0.25, -0.2) is 0 Å².